The van der Waals surface area contributed by atoms with Crippen molar-refractivity contribution in [2.45, 2.75) is 51.6 Å². The van der Waals surface area contributed by atoms with Crippen molar-refractivity contribution in [3.63, 3.8) is 0 Å². The third-order valence-corrected chi connectivity index (χ3v) is 6.64. The number of benzene rings is 1. The Bertz CT molecular complexity index is 1170. The van der Waals surface area contributed by atoms with Crippen LogP contribution in [0.3, 0.4) is 0 Å². The zero-order chi connectivity index (χ0) is 24.6. The van der Waals surface area contributed by atoms with Gasteiger partial charge in [-0.05, 0) is 43.4 Å². The molecule has 0 aliphatic carbocycles. The quantitative estimate of drug-likeness (QED) is 0.360. The number of unbranched alkanes of at least 4 members (excludes halogenated alkanes) is 1. The molecule has 184 valence electrons. The molecule has 1 aromatic carbocycles. The molecule has 35 heavy (non-hydrogen) atoms. The van der Waals surface area contributed by atoms with Gasteiger partial charge >= 0.3 is 6.03 Å². The second kappa shape index (κ2) is 11.6. The largest absolute Gasteiger partial charge is 0.344 e. The number of nitrogens with one attached hydrogen (secondary N) is 2. The summed E-state index contributed by atoms with van der Waals surface area (Å²) >= 11 is 0. The minimum Gasteiger partial charge on any atom is -0.344 e. The number of hydrogen-bond acceptors (Lipinski definition) is 4. The molecular weight excluding hydrogens is 442 g/mol. The molecular formula is C27H33N5O3. The van der Waals surface area contributed by atoms with Gasteiger partial charge in [0.1, 0.15) is 0 Å². The van der Waals surface area contributed by atoms with Crippen molar-refractivity contribution >= 4 is 28.6 Å². The lowest BCUT2D eigenvalue weighted by atomic mass is 10.0. The zero-order valence-corrected chi connectivity index (χ0v) is 20.2. The van der Waals surface area contributed by atoms with E-state index in [9.17, 15) is 14.4 Å². The standard InChI is InChI=1S/C27H33N5O3/c1-20(33)31-15-11-22(12-16-31)32-19-24(23-8-2-3-9-25(23)32)26(34)10-4-5-14-29-27(35)30-18-21-7-6-13-28-17-21/h2-3,6-9,13,17,19,22H,4-5,10-12,14-16,18H2,1H3,(H2,29,30,35). The Morgan fingerprint density at radius 3 is 2.57 bits per heavy atom. The first-order chi connectivity index (χ1) is 17.0. The van der Waals surface area contributed by atoms with E-state index in [1.54, 1.807) is 19.3 Å². The van der Waals surface area contributed by atoms with Crippen molar-refractivity contribution in [1.82, 2.24) is 25.1 Å². The summed E-state index contributed by atoms with van der Waals surface area (Å²) in [6, 6.07) is 11.9. The Balaban J connectivity index is 1.27. The highest BCUT2D eigenvalue weighted by molar-refractivity contribution is 6.08. The summed E-state index contributed by atoms with van der Waals surface area (Å²) in [7, 11) is 0. The van der Waals surface area contributed by atoms with Crippen LogP contribution in [-0.4, -0.2) is 51.8 Å². The van der Waals surface area contributed by atoms with Gasteiger partial charge in [-0.3, -0.25) is 14.6 Å². The van der Waals surface area contributed by atoms with Gasteiger partial charge < -0.3 is 20.1 Å². The van der Waals surface area contributed by atoms with E-state index in [1.807, 2.05) is 41.4 Å². The summed E-state index contributed by atoms with van der Waals surface area (Å²) in [5.74, 6) is 0.249. The number of rotatable bonds is 9. The predicted molar refractivity (Wildman–Crippen MR) is 135 cm³/mol. The Labute approximate surface area is 205 Å². The SMILES string of the molecule is CC(=O)N1CCC(n2cc(C(=O)CCCCNC(=O)NCc3cccnc3)c3ccccc32)CC1. The van der Waals surface area contributed by atoms with Crippen LogP contribution in [0.4, 0.5) is 4.79 Å². The molecule has 0 saturated carbocycles. The Hall–Kier alpha value is -3.68. The number of carbonyl (C=O) groups excluding carboxylic acids is 3. The van der Waals surface area contributed by atoms with Gasteiger partial charge in [0, 0.05) is 80.6 Å². The van der Waals surface area contributed by atoms with E-state index in [4.69, 9.17) is 0 Å². The first-order valence-electron chi connectivity index (χ1n) is 12.3. The van der Waals surface area contributed by atoms with Gasteiger partial charge in [-0.2, -0.15) is 0 Å². The average Bonchev–Trinajstić information content (AvgIpc) is 3.28. The number of pyridine rings is 1. The van der Waals surface area contributed by atoms with E-state index < -0.39 is 0 Å². The Morgan fingerprint density at radius 2 is 1.83 bits per heavy atom. The van der Waals surface area contributed by atoms with E-state index in [0.29, 0.717) is 25.9 Å². The molecule has 3 amide bonds. The predicted octanol–water partition coefficient (Wildman–Crippen LogP) is 4.07. The summed E-state index contributed by atoms with van der Waals surface area (Å²) in [6.07, 6.45) is 9.08. The van der Waals surface area contributed by atoms with Crippen molar-refractivity contribution in [3.8, 4) is 0 Å². The van der Waals surface area contributed by atoms with Crippen LogP contribution >= 0.6 is 0 Å². The van der Waals surface area contributed by atoms with Crippen molar-refractivity contribution in [2.75, 3.05) is 19.6 Å². The number of likely N-dealkylation sites (tertiary alicyclic amines) is 1. The molecule has 0 atom stereocenters. The van der Waals surface area contributed by atoms with Crippen molar-refractivity contribution in [3.05, 3.63) is 66.1 Å². The maximum absolute atomic E-state index is 13.1. The second-order valence-corrected chi connectivity index (χ2v) is 9.06. The Kier molecular flexibility index (Phi) is 8.13. The van der Waals surface area contributed by atoms with E-state index in [1.165, 1.54) is 0 Å². The summed E-state index contributed by atoms with van der Waals surface area (Å²) in [6.45, 7) is 4.06. The third-order valence-electron chi connectivity index (χ3n) is 6.64. The van der Waals surface area contributed by atoms with Crippen LogP contribution in [0.5, 0.6) is 0 Å². The highest BCUT2D eigenvalue weighted by atomic mass is 16.2. The van der Waals surface area contributed by atoms with Gasteiger partial charge in [0.2, 0.25) is 5.91 Å². The first-order valence-corrected chi connectivity index (χ1v) is 12.3. The topological polar surface area (TPSA) is 96.3 Å². The highest BCUT2D eigenvalue weighted by Crippen LogP contribution is 2.31. The number of piperidine rings is 1. The molecule has 4 rings (SSSR count). The average molecular weight is 476 g/mol. The van der Waals surface area contributed by atoms with Crippen molar-refractivity contribution < 1.29 is 14.4 Å². The minimum absolute atomic E-state index is 0.122. The van der Waals surface area contributed by atoms with Gasteiger partial charge in [0.05, 0.1) is 0 Å². The van der Waals surface area contributed by atoms with Gasteiger partial charge in [-0.25, -0.2) is 4.79 Å². The molecule has 3 heterocycles. The van der Waals surface area contributed by atoms with E-state index in [0.717, 1.165) is 54.4 Å². The number of para-hydroxylation sites is 1. The van der Waals surface area contributed by atoms with E-state index in [-0.39, 0.29) is 23.8 Å². The summed E-state index contributed by atoms with van der Waals surface area (Å²) in [5.41, 5.74) is 2.78. The molecule has 1 aliphatic rings. The minimum atomic E-state index is -0.223. The maximum Gasteiger partial charge on any atom is 0.315 e. The highest BCUT2D eigenvalue weighted by Gasteiger charge is 2.24. The zero-order valence-electron chi connectivity index (χ0n) is 20.2. The molecule has 1 aliphatic heterocycles. The number of nitrogens with zero attached hydrogens (tertiary/aromatic N) is 3. The maximum atomic E-state index is 13.1. The van der Waals surface area contributed by atoms with Gasteiger partial charge in [0.25, 0.3) is 0 Å². The van der Waals surface area contributed by atoms with E-state index >= 15 is 0 Å². The molecule has 2 aromatic heterocycles. The fraction of sp³-hybridized carbons (Fsp3) is 0.407. The van der Waals surface area contributed by atoms with Gasteiger partial charge in [0.15, 0.2) is 5.78 Å². The van der Waals surface area contributed by atoms with Crippen LogP contribution in [0.25, 0.3) is 10.9 Å². The number of amides is 3. The summed E-state index contributed by atoms with van der Waals surface area (Å²) in [4.78, 5) is 42.6. The molecule has 8 nitrogen and oxygen atoms in total. The molecule has 3 aromatic rings. The lowest BCUT2D eigenvalue weighted by molar-refractivity contribution is -0.130. The fourth-order valence-electron chi connectivity index (χ4n) is 4.68. The number of aromatic nitrogens is 2. The number of ketones is 1. The molecule has 0 bridgehead atoms. The number of urea groups is 1. The molecule has 8 heteroatoms. The molecule has 0 unspecified atom stereocenters. The summed E-state index contributed by atoms with van der Waals surface area (Å²) < 4.78 is 2.23. The van der Waals surface area contributed by atoms with E-state index in [2.05, 4.69) is 26.3 Å². The smallest absolute Gasteiger partial charge is 0.315 e. The molecule has 1 saturated heterocycles. The van der Waals surface area contributed by atoms with Gasteiger partial charge in [-0.15, -0.1) is 0 Å². The number of hydrogen-bond donors (Lipinski definition) is 2. The van der Waals surface area contributed by atoms with Crippen LogP contribution < -0.4 is 10.6 Å². The molecule has 1 fully saturated rings. The van der Waals surface area contributed by atoms with Gasteiger partial charge in [-0.1, -0.05) is 24.3 Å². The first kappa shape index (κ1) is 24.4. The van der Waals surface area contributed by atoms with Crippen LogP contribution in [0.1, 0.15) is 61.0 Å². The third kappa shape index (κ3) is 6.26. The lowest BCUT2D eigenvalue weighted by Crippen LogP contribution is -2.37. The van der Waals surface area contributed by atoms with Crippen LogP contribution in [0, 0.1) is 0 Å². The summed E-state index contributed by atoms with van der Waals surface area (Å²) in [5, 5.41) is 6.63. The van der Waals surface area contributed by atoms with Crippen LogP contribution in [-0.2, 0) is 11.3 Å². The van der Waals surface area contributed by atoms with Crippen LogP contribution in [0.15, 0.2) is 55.0 Å². The Morgan fingerprint density at radius 1 is 1.03 bits per heavy atom. The van der Waals surface area contributed by atoms with Crippen molar-refractivity contribution in [2.24, 2.45) is 0 Å². The second-order valence-electron chi connectivity index (χ2n) is 9.06. The van der Waals surface area contributed by atoms with Crippen molar-refractivity contribution in [1.29, 1.82) is 0 Å². The number of Topliss-reactive ketones (excluding diaryl/α,β-unsaturated/α-hetero) is 1. The molecule has 0 spiro atoms. The number of fused-ring (bicyclic) bond motifs is 1. The molecule has 0 radical (unpaired) electrons. The normalized spacial score (nSPS) is 14.1. The van der Waals surface area contributed by atoms with Crippen LogP contribution in [0.2, 0.25) is 0 Å². The fourth-order valence-corrected chi connectivity index (χ4v) is 4.68. The lowest BCUT2D eigenvalue weighted by Gasteiger charge is -2.32. The monoisotopic (exact) mass is 475 g/mol. The molecule has 2 N–H and O–H groups in total. The number of carbonyl (C=O) groups is 3.